The van der Waals surface area contributed by atoms with Crippen LogP contribution in [0, 0.1) is 6.92 Å². The van der Waals surface area contributed by atoms with E-state index in [2.05, 4.69) is 0 Å². The summed E-state index contributed by atoms with van der Waals surface area (Å²) in [4.78, 5) is 14.2. The third kappa shape index (κ3) is 5.04. The smallest absolute Gasteiger partial charge is 0.265 e. The molecular weight excluding hydrogens is 430 g/mol. The molecule has 1 aliphatic rings. The van der Waals surface area contributed by atoms with Gasteiger partial charge in [-0.2, -0.15) is 0 Å². The number of thioether (sulfide) groups is 1. The number of ether oxygens (including phenoxy) is 3. The van der Waals surface area contributed by atoms with E-state index in [4.69, 9.17) is 38.0 Å². The number of hydrogen-bond donors (Lipinski definition) is 0. The average Bonchev–Trinajstić information content (AvgIpc) is 2.94. The zero-order valence-electron chi connectivity index (χ0n) is 16.2. The number of halogens is 1. The van der Waals surface area contributed by atoms with Gasteiger partial charge in [-0.05, 0) is 42.3 Å². The summed E-state index contributed by atoms with van der Waals surface area (Å²) in [6, 6.07) is 11.3. The van der Waals surface area contributed by atoms with Crippen molar-refractivity contribution in [1.82, 2.24) is 4.90 Å². The van der Waals surface area contributed by atoms with E-state index in [0.717, 1.165) is 16.9 Å². The van der Waals surface area contributed by atoms with Crippen LogP contribution in [0.2, 0.25) is 5.02 Å². The molecule has 152 valence electrons. The normalized spacial score (nSPS) is 15.2. The first kappa shape index (κ1) is 21.5. The number of carbonyl (C=O) groups excluding carboxylic acids is 1. The van der Waals surface area contributed by atoms with E-state index in [-0.39, 0.29) is 5.91 Å². The Labute approximate surface area is 184 Å². The molecule has 5 nitrogen and oxygen atoms in total. The van der Waals surface area contributed by atoms with Gasteiger partial charge in [-0.15, -0.1) is 0 Å². The Balaban J connectivity index is 1.69. The van der Waals surface area contributed by atoms with Gasteiger partial charge in [0.25, 0.3) is 5.91 Å². The summed E-state index contributed by atoms with van der Waals surface area (Å²) in [5, 5.41) is 0.387. The van der Waals surface area contributed by atoms with Crippen LogP contribution in [0.4, 0.5) is 0 Å². The summed E-state index contributed by atoms with van der Waals surface area (Å²) in [7, 11) is 3.19. The van der Waals surface area contributed by atoms with Crippen LogP contribution >= 0.6 is 35.6 Å². The first-order chi connectivity index (χ1) is 13.9. The number of carbonyl (C=O) groups is 1. The second-order valence-corrected chi connectivity index (χ2v) is 8.32. The molecule has 0 spiro atoms. The summed E-state index contributed by atoms with van der Waals surface area (Å²) in [6.45, 7) is 2.66. The third-order valence-corrected chi connectivity index (χ3v) is 5.98. The largest absolute Gasteiger partial charge is 0.493 e. The van der Waals surface area contributed by atoms with Crippen LogP contribution < -0.4 is 14.2 Å². The minimum absolute atomic E-state index is 0.135. The van der Waals surface area contributed by atoms with Gasteiger partial charge in [0.05, 0.1) is 17.0 Å². The number of methoxy groups -OCH3 is 1. The van der Waals surface area contributed by atoms with Gasteiger partial charge in [-0.3, -0.25) is 9.69 Å². The molecule has 1 heterocycles. The fourth-order valence-corrected chi connectivity index (χ4v) is 4.13. The lowest BCUT2D eigenvalue weighted by Gasteiger charge is -2.14. The first-order valence-electron chi connectivity index (χ1n) is 8.81. The Hall–Kier alpha value is -2.22. The summed E-state index contributed by atoms with van der Waals surface area (Å²) in [5.74, 6) is 1.59. The Bertz CT molecular complexity index is 977. The van der Waals surface area contributed by atoms with Crippen molar-refractivity contribution in [2.45, 2.75) is 6.92 Å². The van der Waals surface area contributed by atoms with E-state index in [1.54, 1.807) is 25.3 Å². The van der Waals surface area contributed by atoms with Crippen molar-refractivity contribution in [2.24, 2.45) is 0 Å². The van der Waals surface area contributed by atoms with Crippen LogP contribution in [0.3, 0.4) is 0 Å². The van der Waals surface area contributed by atoms with Crippen molar-refractivity contribution in [3.05, 3.63) is 57.5 Å². The van der Waals surface area contributed by atoms with E-state index >= 15 is 0 Å². The van der Waals surface area contributed by atoms with Gasteiger partial charge in [-0.1, -0.05) is 53.8 Å². The fourth-order valence-electron chi connectivity index (χ4n) is 2.67. The van der Waals surface area contributed by atoms with Crippen molar-refractivity contribution >= 4 is 51.9 Å². The Morgan fingerprint density at radius 1 is 1.17 bits per heavy atom. The molecule has 0 aliphatic carbocycles. The highest BCUT2D eigenvalue weighted by atomic mass is 35.5. The molecule has 0 aromatic heterocycles. The number of rotatable bonds is 7. The molecule has 1 fully saturated rings. The molecule has 29 heavy (non-hydrogen) atoms. The summed E-state index contributed by atoms with van der Waals surface area (Å²) < 4.78 is 17.5. The Morgan fingerprint density at radius 2 is 1.90 bits per heavy atom. The van der Waals surface area contributed by atoms with Crippen molar-refractivity contribution in [3.63, 3.8) is 0 Å². The van der Waals surface area contributed by atoms with Crippen LogP contribution in [0.25, 0.3) is 6.08 Å². The summed E-state index contributed by atoms with van der Waals surface area (Å²) >= 11 is 12.8. The second kappa shape index (κ2) is 9.52. The van der Waals surface area contributed by atoms with E-state index < -0.39 is 0 Å². The number of amides is 1. The molecule has 0 atom stereocenters. The number of likely N-dealkylation sites (N-methyl/N-ethyl adjacent to an activating group) is 1. The van der Waals surface area contributed by atoms with Crippen LogP contribution in [0.15, 0.2) is 41.3 Å². The maximum absolute atomic E-state index is 12.2. The number of nitrogens with zero attached hydrogens (tertiary/aromatic N) is 1. The number of aryl methyl sites for hydroxylation is 1. The molecule has 3 rings (SSSR count). The van der Waals surface area contributed by atoms with Gasteiger partial charge < -0.3 is 14.2 Å². The topological polar surface area (TPSA) is 48.0 Å². The number of para-hydroxylation sites is 1. The molecule has 2 aromatic carbocycles. The first-order valence-corrected chi connectivity index (χ1v) is 10.4. The van der Waals surface area contributed by atoms with Crippen LogP contribution in [-0.4, -0.2) is 42.5 Å². The van der Waals surface area contributed by atoms with Gasteiger partial charge in [0, 0.05) is 7.05 Å². The minimum atomic E-state index is -0.135. The van der Waals surface area contributed by atoms with Gasteiger partial charge in [-0.25, -0.2) is 0 Å². The standard InChI is InChI=1S/C21H20ClNO4S2/c1-13-6-4-5-7-16(13)26-8-9-27-19-15(22)10-14(11-17(19)25-3)12-18-20(24)23(2)21(28)29-18/h4-7,10-12H,8-9H2,1-3H3/b18-12+. The quantitative estimate of drug-likeness (QED) is 0.339. The molecule has 2 aromatic rings. The zero-order valence-corrected chi connectivity index (χ0v) is 18.6. The molecular formula is C21H20ClNO4S2. The SMILES string of the molecule is COc1cc(/C=C2/SC(=S)N(C)C2=O)cc(Cl)c1OCCOc1ccccc1C. The number of hydrogen-bond acceptors (Lipinski definition) is 6. The lowest BCUT2D eigenvalue weighted by Crippen LogP contribution is -2.22. The maximum atomic E-state index is 12.2. The van der Waals surface area contributed by atoms with Crippen LogP contribution in [0.5, 0.6) is 17.2 Å². The molecule has 0 bridgehead atoms. The van der Waals surface area contributed by atoms with Crippen LogP contribution in [0.1, 0.15) is 11.1 Å². The van der Waals surface area contributed by atoms with E-state index in [0.29, 0.717) is 39.0 Å². The van der Waals surface area contributed by atoms with E-state index in [1.807, 2.05) is 31.2 Å². The van der Waals surface area contributed by atoms with E-state index in [9.17, 15) is 4.79 Å². The summed E-state index contributed by atoms with van der Waals surface area (Å²) in [5.41, 5.74) is 1.79. The van der Waals surface area contributed by atoms with Gasteiger partial charge in [0.2, 0.25) is 0 Å². The average molecular weight is 450 g/mol. The molecule has 0 radical (unpaired) electrons. The molecule has 0 N–H and O–H groups in total. The van der Waals surface area contributed by atoms with E-state index in [1.165, 1.54) is 23.8 Å². The maximum Gasteiger partial charge on any atom is 0.265 e. The molecule has 0 unspecified atom stereocenters. The third-order valence-electron chi connectivity index (χ3n) is 4.22. The highest BCUT2D eigenvalue weighted by Gasteiger charge is 2.28. The highest BCUT2D eigenvalue weighted by molar-refractivity contribution is 8.26. The van der Waals surface area contributed by atoms with Crippen molar-refractivity contribution in [3.8, 4) is 17.2 Å². The number of benzene rings is 2. The number of thiocarbonyl (C=S) groups is 1. The second-order valence-electron chi connectivity index (χ2n) is 6.24. The van der Waals surface area contributed by atoms with Crippen molar-refractivity contribution in [2.75, 3.05) is 27.4 Å². The fraction of sp³-hybridized carbons (Fsp3) is 0.238. The Kier molecular flexibility index (Phi) is 7.05. The van der Waals surface area contributed by atoms with Crippen molar-refractivity contribution < 1.29 is 19.0 Å². The predicted octanol–water partition coefficient (Wildman–Crippen LogP) is 4.95. The molecule has 1 aliphatic heterocycles. The summed E-state index contributed by atoms with van der Waals surface area (Å²) in [6.07, 6.45) is 1.74. The zero-order chi connectivity index (χ0) is 21.0. The highest BCUT2D eigenvalue weighted by Crippen LogP contribution is 2.38. The minimum Gasteiger partial charge on any atom is -0.493 e. The Morgan fingerprint density at radius 3 is 2.55 bits per heavy atom. The van der Waals surface area contributed by atoms with Crippen LogP contribution in [-0.2, 0) is 4.79 Å². The predicted molar refractivity (Wildman–Crippen MR) is 121 cm³/mol. The molecule has 8 heteroatoms. The van der Waals surface area contributed by atoms with Crippen molar-refractivity contribution in [1.29, 1.82) is 0 Å². The monoisotopic (exact) mass is 449 g/mol. The molecule has 1 saturated heterocycles. The van der Waals surface area contributed by atoms with Gasteiger partial charge in [0.1, 0.15) is 23.3 Å². The lowest BCUT2D eigenvalue weighted by molar-refractivity contribution is -0.121. The molecule has 0 saturated carbocycles. The lowest BCUT2D eigenvalue weighted by atomic mass is 10.2. The van der Waals surface area contributed by atoms with Gasteiger partial charge >= 0.3 is 0 Å². The molecule has 1 amide bonds. The van der Waals surface area contributed by atoms with Gasteiger partial charge in [0.15, 0.2) is 11.5 Å².